The number of hydrogen-bond donors (Lipinski definition) is 1. The average Bonchev–Trinajstić information content (AvgIpc) is 3.36. The lowest BCUT2D eigenvalue weighted by Crippen LogP contribution is -2.35. The minimum atomic E-state index is -0.0389. The van der Waals surface area contributed by atoms with Gasteiger partial charge in [0, 0.05) is 52.7 Å². The van der Waals surface area contributed by atoms with Crippen molar-refractivity contribution in [3.8, 4) is 0 Å². The fraction of sp³-hybridized carbons (Fsp3) is 0.368. The highest BCUT2D eigenvalue weighted by molar-refractivity contribution is 5.93. The number of likely N-dealkylation sites (N-methyl/N-ethyl adjacent to an activating group) is 1. The van der Waals surface area contributed by atoms with Gasteiger partial charge in [-0.25, -0.2) is 15.0 Å². The predicted molar refractivity (Wildman–Crippen MR) is 105 cm³/mol. The highest BCUT2D eigenvalue weighted by Crippen LogP contribution is 2.28. The summed E-state index contributed by atoms with van der Waals surface area (Å²) in [5, 5.41) is 1.05. The van der Waals surface area contributed by atoms with Gasteiger partial charge in [-0.1, -0.05) is 0 Å². The largest absolute Gasteiger partial charge is 0.355 e. The van der Waals surface area contributed by atoms with Crippen LogP contribution in [-0.2, 0) is 0 Å². The van der Waals surface area contributed by atoms with Crippen molar-refractivity contribution >= 4 is 28.6 Å². The molecule has 1 aliphatic rings. The molecular weight excluding hydrogens is 342 g/mol. The number of amides is 1. The van der Waals surface area contributed by atoms with Crippen molar-refractivity contribution in [1.29, 1.82) is 0 Å². The van der Waals surface area contributed by atoms with Gasteiger partial charge in [-0.05, 0) is 24.6 Å². The Morgan fingerprint density at radius 3 is 2.78 bits per heavy atom. The van der Waals surface area contributed by atoms with Crippen molar-refractivity contribution in [1.82, 2.24) is 24.8 Å². The molecule has 1 saturated heterocycles. The Hall–Kier alpha value is -3.16. The van der Waals surface area contributed by atoms with Crippen LogP contribution in [-0.4, -0.2) is 71.0 Å². The summed E-state index contributed by atoms with van der Waals surface area (Å²) in [6, 6.07) is 6.09. The van der Waals surface area contributed by atoms with Crippen LogP contribution >= 0.6 is 0 Å². The summed E-state index contributed by atoms with van der Waals surface area (Å²) in [4.78, 5) is 34.4. The number of anilines is 2. The highest BCUT2D eigenvalue weighted by atomic mass is 16.2. The van der Waals surface area contributed by atoms with E-state index in [-0.39, 0.29) is 5.91 Å². The first kappa shape index (κ1) is 17.3. The standard InChI is InChI=1S/C19H23N7O/c1-24(2)19(27)13-4-5-16(21-10-13)25(3)14-7-9-26(11-14)18-15-6-8-20-17(15)22-12-23-18/h4-6,8,10,12,14H,7,9,11H2,1-3H3,(H,20,22,23)/t14-/m1/s1. The van der Waals surface area contributed by atoms with Crippen molar-refractivity contribution in [2.45, 2.75) is 12.5 Å². The Morgan fingerprint density at radius 2 is 2.04 bits per heavy atom. The normalized spacial score (nSPS) is 16.7. The van der Waals surface area contributed by atoms with Gasteiger partial charge >= 0.3 is 0 Å². The van der Waals surface area contributed by atoms with E-state index in [1.165, 1.54) is 0 Å². The van der Waals surface area contributed by atoms with Crippen molar-refractivity contribution in [3.63, 3.8) is 0 Å². The lowest BCUT2D eigenvalue weighted by atomic mass is 10.2. The monoisotopic (exact) mass is 365 g/mol. The van der Waals surface area contributed by atoms with Crippen molar-refractivity contribution < 1.29 is 4.79 Å². The fourth-order valence-electron chi connectivity index (χ4n) is 3.53. The number of pyridine rings is 1. The molecule has 1 amide bonds. The van der Waals surface area contributed by atoms with Gasteiger partial charge in [-0.3, -0.25) is 4.79 Å². The molecule has 3 aromatic rings. The van der Waals surface area contributed by atoms with Crippen LogP contribution in [0, 0.1) is 0 Å². The quantitative estimate of drug-likeness (QED) is 0.759. The third kappa shape index (κ3) is 3.18. The van der Waals surface area contributed by atoms with Crippen LogP contribution in [0.4, 0.5) is 11.6 Å². The number of hydrogen-bond acceptors (Lipinski definition) is 6. The first-order valence-corrected chi connectivity index (χ1v) is 8.98. The molecule has 0 aromatic carbocycles. The minimum absolute atomic E-state index is 0.0389. The van der Waals surface area contributed by atoms with E-state index in [9.17, 15) is 4.79 Å². The summed E-state index contributed by atoms with van der Waals surface area (Å²) in [6.45, 7) is 1.80. The van der Waals surface area contributed by atoms with Crippen LogP contribution < -0.4 is 9.80 Å². The van der Waals surface area contributed by atoms with E-state index in [0.29, 0.717) is 11.6 Å². The lowest BCUT2D eigenvalue weighted by Gasteiger charge is -2.26. The summed E-state index contributed by atoms with van der Waals surface area (Å²) in [6.07, 6.45) is 6.16. The topological polar surface area (TPSA) is 81.3 Å². The zero-order chi connectivity index (χ0) is 19.0. The van der Waals surface area contributed by atoms with Gasteiger partial charge in [0.1, 0.15) is 23.6 Å². The Balaban J connectivity index is 1.48. The van der Waals surface area contributed by atoms with Crippen LogP contribution in [0.5, 0.6) is 0 Å². The number of nitrogens with one attached hydrogen (secondary N) is 1. The Bertz CT molecular complexity index is 950. The smallest absolute Gasteiger partial charge is 0.254 e. The van der Waals surface area contributed by atoms with Gasteiger partial charge in [0.25, 0.3) is 5.91 Å². The summed E-state index contributed by atoms with van der Waals surface area (Å²) < 4.78 is 0. The third-order valence-corrected chi connectivity index (χ3v) is 5.11. The molecule has 1 N–H and O–H groups in total. The van der Waals surface area contributed by atoms with E-state index < -0.39 is 0 Å². The maximum absolute atomic E-state index is 12.0. The van der Waals surface area contributed by atoms with Crippen LogP contribution in [0.15, 0.2) is 36.9 Å². The Morgan fingerprint density at radius 1 is 1.19 bits per heavy atom. The van der Waals surface area contributed by atoms with E-state index in [2.05, 4.69) is 36.8 Å². The Labute approximate surface area is 157 Å². The molecule has 1 aliphatic heterocycles. The molecule has 8 heteroatoms. The molecule has 8 nitrogen and oxygen atoms in total. The maximum atomic E-state index is 12.0. The highest BCUT2D eigenvalue weighted by Gasteiger charge is 2.28. The number of fused-ring (bicyclic) bond motifs is 1. The molecule has 4 heterocycles. The zero-order valence-electron chi connectivity index (χ0n) is 15.8. The molecule has 1 fully saturated rings. The van der Waals surface area contributed by atoms with E-state index >= 15 is 0 Å². The second kappa shape index (κ2) is 6.86. The number of aromatic nitrogens is 4. The molecule has 0 radical (unpaired) electrons. The molecule has 0 unspecified atom stereocenters. The van der Waals surface area contributed by atoms with Gasteiger partial charge in [-0.2, -0.15) is 0 Å². The number of rotatable bonds is 4. The first-order valence-electron chi connectivity index (χ1n) is 8.98. The van der Waals surface area contributed by atoms with Gasteiger partial charge in [0.15, 0.2) is 0 Å². The fourth-order valence-corrected chi connectivity index (χ4v) is 3.53. The third-order valence-electron chi connectivity index (χ3n) is 5.11. The Kier molecular flexibility index (Phi) is 4.39. The minimum Gasteiger partial charge on any atom is -0.355 e. The summed E-state index contributed by atoms with van der Waals surface area (Å²) in [5.74, 6) is 1.80. The van der Waals surface area contributed by atoms with Gasteiger partial charge < -0.3 is 19.7 Å². The molecule has 0 aliphatic carbocycles. The van der Waals surface area contributed by atoms with Gasteiger partial charge in [-0.15, -0.1) is 0 Å². The van der Waals surface area contributed by atoms with Crippen LogP contribution in [0.25, 0.3) is 11.0 Å². The number of carbonyl (C=O) groups is 1. The summed E-state index contributed by atoms with van der Waals surface area (Å²) >= 11 is 0. The molecule has 0 bridgehead atoms. The second-order valence-corrected chi connectivity index (χ2v) is 7.04. The molecule has 4 rings (SSSR count). The average molecular weight is 365 g/mol. The number of carbonyl (C=O) groups excluding carboxylic acids is 1. The van der Waals surface area contributed by atoms with Crippen molar-refractivity contribution in [2.75, 3.05) is 44.0 Å². The summed E-state index contributed by atoms with van der Waals surface area (Å²) in [7, 11) is 5.53. The number of aromatic amines is 1. The molecule has 0 spiro atoms. The molecule has 0 saturated carbocycles. The molecule has 140 valence electrons. The van der Waals surface area contributed by atoms with E-state index in [0.717, 1.165) is 42.2 Å². The van der Waals surface area contributed by atoms with E-state index in [1.54, 1.807) is 31.5 Å². The summed E-state index contributed by atoms with van der Waals surface area (Å²) in [5.41, 5.74) is 1.46. The number of nitrogens with zero attached hydrogens (tertiary/aromatic N) is 6. The van der Waals surface area contributed by atoms with Crippen LogP contribution in [0.1, 0.15) is 16.8 Å². The van der Waals surface area contributed by atoms with Crippen molar-refractivity contribution in [3.05, 3.63) is 42.5 Å². The zero-order valence-corrected chi connectivity index (χ0v) is 15.8. The van der Waals surface area contributed by atoms with Gasteiger partial charge in [0.2, 0.25) is 0 Å². The van der Waals surface area contributed by atoms with E-state index in [4.69, 9.17) is 0 Å². The van der Waals surface area contributed by atoms with Gasteiger partial charge in [0.05, 0.1) is 10.9 Å². The second-order valence-electron chi connectivity index (χ2n) is 7.04. The maximum Gasteiger partial charge on any atom is 0.254 e. The molecule has 1 atom stereocenters. The SMILES string of the molecule is CN(C)C(=O)c1ccc(N(C)[C@@H]2CCN(c3ncnc4[nH]ccc34)C2)nc1. The predicted octanol–water partition coefficient (Wildman–Crippen LogP) is 1.77. The molecule has 3 aromatic heterocycles. The van der Waals surface area contributed by atoms with E-state index in [1.807, 2.05) is 24.4 Å². The number of H-pyrrole nitrogens is 1. The van der Waals surface area contributed by atoms with Crippen molar-refractivity contribution in [2.24, 2.45) is 0 Å². The van der Waals surface area contributed by atoms with Crippen LogP contribution in [0.2, 0.25) is 0 Å². The molecule has 27 heavy (non-hydrogen) atoms. The molecular formula is C19H23N7O. The van der Waals surface area contributed by atoms with Crippen LogP contribution in [0.3, 0.4) is 0 Å². The lowest BCUT2D eigenvalue weighted by molar-refractivity contribution is 0.0827. The first-order chi connectivity index (χ1) is 13.0.